The van der Waals surface area contributed by atoms with E-state index < -0.39 is 5.91 Å². The van der Waals surface area contributed by atoms with E-state index in [9.17, 15) is 4.79 Å². The van der Waals surface area contributed by atoms with Gasteiger partial charge in [-0.25, -0.2) is 4.68 Å². The first-order valence-corrected chi connectivity index (χ1v) is 6.40. The average Bonchev–Trinajstić information content (AvgIpc) is 2.80. The first kappa shape index (κ1) is 13.8. The zero-order valence-electron chi connectivity index (χ0n) is 10.1. The summed E-state index contributed by atoms with van der Waals surface area (Å²) in [5.74, 6) is -0.123. The number of amides is 1. The number of rotatable bonds is 4. The van der Waals surface area contributed by atoms with Crippen LogP contribution in [0.15, 0.2) is 18.2 Å². The molecule has 2 aromatic rings. The molecule has 1 amide bonds. The van der Waals surface area contributed by atoms with Gasteiger partial charge in [0.15, 0.2) is 0 Å². The van der Waals surface area contributed by atoms with E-state index >= 15 is 0 Å². The van der Waals surface area contributed by atoms with Crippen molar-refractivity contribution in [1.82, 2.24) is 20.2 Å². The number of benzene rings is 1. The third-order valence-electron chi connectivity index (χ3n) is 2.39. The second kappa shape index (κ2) is 5.99. The van der Waals surface area contributed by atoms with Crippen molar-refractivity contribution in [2.75, 3.05) is 5.32 Å². The minimum atomic E-state index is -0.403. The molecule has 1 aromatic heterocycles. The number of nitrogens with one attached hydrogen (secondary N) is 1. The molecule has 0 spiro atoms. The van der Waals surface area contributed by atoms with Crippen LogP contribution < -0.4 is 5.32 Å². The Hall–Kier alpha value is -1.66. The second-order valence-electron chi connectivity index (χ2n) is 3.78. The number of hydrogen-bond donors (Lipinski definition) is 1. The normalized spacial score (nSPS) is 10.5. The molecule has 0 radical (unpaired) electrons. The number of hydrogen-bond acceptors (Lipinski definition) is 4. The summed E-state index contributed by atoms with van der Waals surface area (Å²) in [5.41, 5.74) is 0.278. The van der Waals surface area contributed by atoms with E-state index in [1.54, 1.807) is 18.2 Å². The second-order valence-corrected chi connectivity index (χ2v) is 4.57. The molecule has 0 saturated heterocycles. The maximum atomic E-state index is 12.1. The van der Waals surface area contributed by atoms with Gasteiger partial charge in [-0.3, -0.25) is 10.1 Å². The van der Waals surface area contributed by atoms with Crippen molar-refractivity contribution in [2.24, 2.45) is 0 Å². The van der Waals surface area contributed by atoms with Crippen LogP contribution in [0.5, 0.6) is 0 Å². The lowest BCUT2D eigenvalue weighted by atomic mass is 10.2. The molecule has 2 rings (SSSR count). The van der Waals surface area contributed by atoms with Crippen molar-refractivity contribution < 1.29 is 4.79 Å². The van der Waals surface area contributed by atoms with Crippen molar-refractivity contribution in [3.63, 3.8) is 0 Å². The molecule has 6 nitrogen and oxygen atoms in total. The number of tetrazole rings is 1. The Morgan fingerprint density at radius 1 is 1.42 bits per heavy atom. The van der Waals surface area contributed by atoms with Gasteiger partial charge in [0.2, 0.25) is 5.95 Å². The van der Waals surface area contributed by atoms with Gasteiger partial charge in [0.1, 0.15) is 0 Å². The topological polar surface area (TPSA) is 72.7 Å². The standard InChI is InChI=1S/C11H11Cl2N5O/c1-2-6-18-11(15-16-17-18)14-10(19)7-4-3-5-8(12)9(7)13/h3-5H,2,6H2,1H3,(H,14,15,17,19). The minimum absolute atomic E-state index is 0.205. The highest BCUT2D eigenvalue weighted by atomic mass is 35.5. The first-order valence-electron chi connectivity index (χ1n) is 5.65. The molecular weight excluding hydrogens is 289 g/mol. The molecule has 19 heavy (non-hydrogen) atoms. The van der Waals surface area contributed by atoms with Gasteiger partial charge in [0, 0.05) is 6.54 Å². The third kappa shape index (κ3) is 3.02. The zero-order chi connectivity index (χ0) is 13.8. The molecule has 8 heteroatoms. The minimum Gasteiger partial charge on any atom is -0.289 e. The van der Waals surface area contributed by atoms with E-state index in [1.807, 2.05) is 6.92 Å². The molecule has 0 saturated carbocycles. The highest BCUT2D eigenvalue weighted by molar-refractivity contribution is 6.44. The SMILES string of the molecule is CCCn1nnnc1NC(=O)c1cccc(Cl)c1Cl. The number of carbonyl (C=O) groups excluding carboxylic acids is 1. The van der Waals surface area contributed by atoms with E-state index in [4.69, 9.17) is 23.2 Å². The Bertz CT molecular complexity index is 599. The molecule has 0 bridgehead atoms. The largest absolute Gasteiger partial charge is 0.289 e. The monoisotopic (exact) mass is 299 g/mol. The number of aryl methyl sites for hydroxylation is 1. The van der Waals surface area contributed by atoms with E-state index in [2.05, 4.69) is 20.8 Å². The Labute approximate surface area is 119 Å². The van der Waals surface area contributed by atoms with E-state index in [0.29, 0.717) is 11.6 Å². The fraction of sp³-hybridized carbons (Fsp3) is 0.273. The Kier molecular flexibility index (Phi) is 4.34. The predicted molar refractivity (Wildman–Crippen MR) is 72.5 cm³/mol. The van der Waals surface area contributed by atoms with Gasteiger partial charge >= 0.3 is 0 Å². The summed E-state index contributed by atoms with van der Waals surface area (Å²) < 4.78 is 1.51. The van der Waals surface area contributed by atoms with Gasteiger partial charge in [-0.05, 0) is 29.0 Å². The van der Waals surface area contributed by atoms with Gasteiger partial charge in [-0.15, -0.1) is 0 Å². The lowest BCUT2D eigenvalue weighted by molar-refractivity contribution is 0.102. The van der Waals surface area contributed by atoms with Crippen LogP contribution in [-0.2, 0) is 6.54 Å². The Morgan fingerprint density at radius 3 is 2.95 bits per heavy atom. The summed E-state index contributed by atoms with van der Waals surface area (Å²) in [7, 11) is 0. The number of carbonyl (C=O) groups is 1. The van der Waals surface area contributed by atoms with Crippen LogP contribution in [0.25, 0.3) is 0 Å². The van der Waals surface area contributed by atoms with Crippen LogP contribution in [-0.4, -0.2) is 26.1 Å². The van der Waals surface area contributed by atoms with Gasteiger partial charge < -0.3 is 0 Å². The highest BCUT2D eigenvalue weighted by Gasteiger charge is 2.15. The van der Waals surface area contributed by atoms with Crippen molar-refractivity contribution >= 4 is 35.1 Å². The first-order chi connectivity index (χ1) is 9.13. The average molecular weight is 300 g/mol. The lowest BCUT2D eigenvalue weighted by Crippen LogP contribution is -2.17. The Morgan fingerprint density at radius 2 is 2.21 bits per heavy atom. The van der Waals surface area contributed by atoms with Crippen LogP contribution >= 0.6 is 23.2 Å². The van der Waals surface area contributed by atoms with E-state index in [-0.39, 0.29) is 16.5 Å². The zero-order valence-corrected chi connectivity index (χ0v) is 11.6. The molecule has 0 unspecified atom stereocenters. The highest BCUT2D eigenvalue weighted by Crippen LogP contribution is 2.25. The van der Waals surface area contributed by atoms with Crippen molar-refractivity contribution in [2.45, 2.75) is 19.9 Å². The smallest absolute Gasteiger partial charge is 0.259 e. The molecule has 1 aromatic carbocycles. The summed E-state index contributed by atoms with van der Waals surface area (Å²) in [5, 5.41) is 14.2. The quantitative estimate of drug-likeness (QED) is 0.942. The van der Waals surface area contributed by atoms with Crippen LogP contribution in [0, 0.1) is 0 Å². The van der Waals surface area contributed by atoms with Crippen LogP contribution in [0.4, 0.5) is 5.95 Å². The Balaban J connectivity index is 2.21. The van der Waals surface area contributed by atoms with Gasteiger partial charge in [-0.2, -0.15) is 0 Å². The number of halogens is 2. The summed E-state index contributed by atoms with van der Waals surface area (Å²) in [6.07, 6.45) is 0.853. The van der Waals surface area contributed by atoms with Crippen LogP contribution in [0.3, 0.4) is 0 Å². The molecule has 1 N–H and O–H groups in total. The maximum absolute atomic E-state index is 12.1. The van der Waals surface area contributed by atoms with Gasteiger partial charge in [0.05, 0.1) is 15.6 Å². The number of aromatic nitrogens is 4. The molecule has 0 aliphatic rings. The molecule has 1 heterocycles. The third-order valence-corrected chi connectivity index (χ3v) is 3.21. The summed E-state index contributed by atoms with van der Waals surface area (Å²) >= 11 is 11.8. The summed E-state index contributed by atoms with van der Waals surface area (Å²) in [4.78, 5) is 12.1. The number of anilines is 1. The molecular formula is C11H11Cl2N5O. The molecule has 0 atom stereocenters. The molecule has 0 fully saturated rings. The van der Waals surface area contributed by atoms with E-state index in [1.165, 1.54) is 4.68 Å². The van der Waals surface area contributed by atoms with Crippen molar-refractivity contribution in [3.8, 4) is 0 Å². The molecule has 100 valence electrons. The lowest BCUT2D eigenvalue weighted by Gasteiger charge is -2.07. The predicted octanol–water partition coefficient (Wildman–Crippen LogP) is 2.64. The van der Waals surface area contributed by atoms with Gasteiger partial charge in [-0.1, -0.05) is 41.3 Å². The summed E-state index contributed by atoms with van der Waals surface area (Å²) in [6, 6.07) is 4.84. The van der Waals surface area contributed by atoms with Crippen LogP contribution in [0.2, 0.25) is 10.0 Å². The van der Waals surface area contributed by atoms with E-state index in [0.717, 1.165) is 6.42 Å². The van der Waals surface area contributed by atoms with Crippen molar-refractivity contribution in [1.29, 1.82) is 0 Å². The fourth-order valence-electron chi connectivity index (χ4n) is 1.50. The van der Waals surface area contributed by atoms with Gasteiger partial charge in [0.25, 0.3) is 5.91 Å². The van der Waals surface area contributed by atoms with Crippen LogP contribution in [0.1, 0.15) is 23.7 Å². The van der Waals surface area contributed by atoms with Crippen molar-refractivity contribution in [3.05, 3.63) is 33.8 Å². The maximum Gasteiger partial charge on any atom is 0.259 e. The number of nitrogens with zero attached hydrogens (tertiary/aromatic N) is 4. The molecule has 0 aliphatic carbocycles. The summed E-state index contributed by atoms with van der Waals surface area (Å²) in [6.45, 7) is 2.60. The molecule has 0 aliphatic heterocycles. The fourth-order valence-corrected chi connectivity index (χ4v) is 1.89.